The minimum atomic E-state index is -0.552. The first-order chi connectivity index (χ1) is 14.0. The van der Waals surface area contributed by atoms with Gasteiger partial charge in [0.25, 0.3) is 5.91 Å². The van der Waals surface area contributed by atoms with Crippen LogP contribution in [0.4, 0.5) is 4.39 Å². The molecule has 1 amide bonds. The Morgan fingerprint density at radius 1 is 1.28 bits per heavy atom. The van der Waals surface area contributed by atoms with Crippen LogP contribution >= 0.6 is 0 Å². The van der Waals surface area contributed by atoms with Crippen LogP contribution in [0.5, 0.6) is 5.75 Å². The van der Waals surface area contributed by atoms with Crippen LogP contribution in [-0.2, 0) is 6.61 Å². The predicted octanol–water partition coefficient (Wildman–Crippen LogP) is 3.79. The zero-order valence-corrected chi connectivity index (χ0v) is 17.1. The molecule has 0 spiro atoms. The number of hydrogen-bond donors (Lipinski definition) is 0. The number of nitrogens with zero attached hydrogens (tertiary/aromatic N) is 3. The maximum Gasteiger partial charge on any atom is 0.257 e. The van der Waals surface area contributed by atoms with E-state index in [4.69, 9.17) is 9.26 Å². The lowest BCUT2D eigenvalue weighted by Crippen LogP contribution is -2.44. The highest BCUT2D eigenvalue weighted by atomic mass is 19.1. The van der Waals surface area contributed by atoms with Crippen LogP contribution in [0, 0.1) is 12.7 Å². The molecule has 2 aliphatic heterocycles. The maximum atomic E-state index is 14.7. The van der Waals surface area contributed by atoms with Gasteiger partial charge in [0, 0.05) is 37.3 Å². The summed E-state index contributed by atoms with van der Waals surface area (Å²) in [5, 5.41) is 3.85. The van der Waals surface area contributed by atoms with Crippen molar-refractivity contribution in [2.45, 2.75) is 58.2 Å². The van der Waals surface area contributed by atoms with Crippen LogP contribution in [0.15, 0.2) is 28.8 Å². The number of benzene rings is 1. The Morgan fingerprint density at radius 3 is 2.79 bits per heavy atom. The van der Waals surface area contributed by atoms with Crippen molar-refractivity contribution in [3.63, 3.8) is 0 Å². The van der Waals surface area contributed by atoms with E-state index in [0.29, 0.717) is 29.8 Å². The van der Waals surface area contributed by atoms with Gasteiger partial charge < -0.3 is 14.2 Å². The Kier molecular flexibility index (Phi) is 5.85. The van der Waals surface area contributed by atoms with Gasteiger partial charge in [0.15, 0.2) is 0 Å². The number of aromatic nitrogens is 1. The molecule has 0 aliphatic carbocycles. The van der Waals surface area contributed by atoms with E-state index < -0.39 is 5.82 Å². The molecule has 7 heteroatoms. The van der Waals surface area contributed by atoms with E-state index in [1.165, 1.54) is 25.0 Å². The number of carbonyl (C=O) groups is 1. The summed E-state index contributed by atoms with van der Waals surface area (Å²) in [6.45, 7) is 6.89. The first kappa shape index (κ1) is 19.9. The number of halogens is 1. The largest absolute Gasteiger partial charge is 0.487 e. The Morgan fingerprint density at radius 2 is 2.10 bits per heavy atom. The molecule has 0 N–H and O–H groups in total. The summed E-state index contributed by atoms with van der Waals surface area (Å²) in [5.74, 6) is 0.280. The molecule has 2 saturated heterocycles. The average molecular weight is 401 g/mol. The van der Waals surface area contributed by atoms with Crippen LogP contribution < -0.4 is 4.74 Å². The highest BCUT2D eigenvalue weighted by Gasteiger charge is 2.33. The quantitative estimate of drug-likeness (QED) is 0.737. The number of ether oxygens (including phenoxy) is 1. The summed E-state index contributed by atoms with van der Waals surface area (Å²) in [4.78, 5) is 17.3. The van der Waals surface area contributed by atoms with Gasteiger partial charge in [0.2, 0.25) is 0 Å². The zero-order valence-electron chi connectivity index (χ0n) is 17.1. The maximum absolute atomic E-state index is 14.7. The Hall–Kier alpha value is -2.41. The van der Waals surface area contributed by atoms with Crippen molar-refractivity contribution < 1.29 is 18.4 Å². The number of likely N-dealkylation sites (tertiary alicyclic amines) is 2. The summed E-state index contributed by atoms with van der Waals surface area (Å²) < 4.78 is 25.3. The molecule has 0 saturated carbocycles. The third-order valence-electron chi connectivity index (χ3n) is 6.01. The molecule has 0 radical (unpaired) electrons. The highest BCUT2D eigenvalue weighted by molar-refractivity contribution is 5.95. The van der Waals surface area contributed by atoms with E-state index in [-0.39, 0.29) is 24.1 Å². The van der Waals surface area contributed by atoms with Gasteiger partial charge in [-0.25, -0.2) is 4.39 Å². The van der Waals surface area contributed by atoms with E-state index in [1.54, 1.807) is 19.1 Å². The van der Waals surface area contributed by atoms with Gasteiger partial charge in [-0.15, -0.1) is 0 Å². The Bertz CT molecular complexity index is 869. The zero-order chi connectivity index (χ0) is 20.4. The molecule has 4 rings (SSSR count). The number of rotatable bonds is 6. The normalized spacial score (nSPS) is 22.4. The van der Waals surface area contributed by atoms with Crippen LogP contribution in [0.2, 0.25) is 0 Å². The Labute approximate surface area is 170 Å². The molecule has 29 heavy (non-hydrogen) atoms. The molecule has 156 valence electrons. The van der Waals surface area contributed by atoms with Gasteiger partial charge >= 0.3 is 0 Å². The van der Waals surface area contributed by atoms with Crippen LogP contribution in [0.25, 0.3) is 0 Å². The molecule has 0 unspecified atom stereocenters. The van der Waals surface area contributed by atoms with E-state index in [2.05, 4.69) is 17.0 Å². The van der Waals surface area contributed by atoms with Crippen molar-refractivity contribution >= 4 is 5.91 Å². The fourth-order valence-electron chi connectivity index (χ4n) is 4.38. The molecule has 2 aromatic rings. The number of hydrogen-bond acceptors (Lipinski definition) is 5. The van der Waals surface area contributed by atoms with Gasteiger partial charge in [-0.05, 0) is 58.2 Å². The smallest absolute Gasteiger partial charge is 0.257 e. The third-order valence-corrected chi connectivity index (χ3v) is 6.01. The summed E-state index contributed by atoms with van der Waals surface area (Å²) in [7, 11) is 0. The highest BCUT2D eigenvalue weighted by Crippen LogP contribution is 2.26. The fraction of sp³-hybridized carbons (Fsp3) is 0.545. The summed E-state index contributed by atoms with van der Waals surface area (Å²) in [6, 6.07) is 6.92. The van der Waals surface area contributed by atoms with Gasteiger partial charge in [0.05, 0.1) is 5.56 Å². The third kappa shape index (κ3) is 4.45. The molecule has 2 fully saturated rings. The van der Waals surface area contributed by atoms with Crippen molar-refractivity contribution in [2.75, 3.05) is 19.6 Å². The number of aryl methyl sites for hydroxylation is 1. The molecular weight excluding hydrogens is 373 g/mol. The first-order valence-corrected chi connectivity index (χ1v) is 10.4. The average Bonchev–Trinajstić information content (AvgIpc) is 3.43. The molecule has 2 atom stereocenters. The molecule has 6 nitrogen and oxygen atoms in total. The molecule has 1 aromatic heterocycles. The van der Waals surface area contributed by atoms with Crippen molar-refractivity contribution in [3.8, 4) is 5.75 Å². The van der Waals surface area contributed by atoms with E-state index in [1.807, 2.05) is 4.90 Å². The topological polar surface area (TPSA) is 58.8 Å². The van der Waals surface area contributed by atoms with Crippen molar-refractivity contribution in [1.29, 1.82) is 0 Å². The predicted molar refractivity (Wildman–Crippen MR) is 106 cm³/mol. The lowest BCUT2D eigenvalue weighted by Gasteiger charge is -2.31. The summed E-state index contributed by atoms with van der Waals surface area (Å²) in [5.41, 5.74) is 0.745. The molecular formula is C22H28FN3O3. The second-order valence-electron chi connectivity index (χ2n) is 8.14. The van der Waals surface area contributed by atoms with Crippen molar-refractivity contribution in [1.82, 2.24) is 15.0 Å². The van der Waals surface area contributed by atoms with E-state index >= 15 is 0 Å². The second kappa shape index (κ2) is 8.53. The van der Waals surface area contributed by atoms with Gasteiger partial charge in [0.1, 0.15) is 29.6 Å². The SMILES string of the molecule is Cc1cc(COc2ccc(C(=O)N3CCC[C@H]3CN3CCC[C@H]3C)c(F)c2)no1. The van der Waals surface area contributed by atoms with E-state index in [0.717, 1.165) is 25.9 Å². The second-order valence-corrected chi connectivity index (χ2v) is 8.14. The Balaban J connectivity index is 1.40. The van der Waals surface area contributed by atoms with Crippen molar-refractivity contribution in [3.05, 3.63) is 47.1 Å². The summed E-state index contributed by atoms with van der Waals surface area (Å²) >= 11 is 0. The van der Waals surface area contributed by atoms with Crippen molar-refractivity contribution in [2.24, 2.45) is 0 Å². The van der Waals surface area contributed by atoms with Crippen LogP contribution in [-0.4, -0.2) is 52.6 Å². The van der Waals surface area contributed by atoms with Gasteiger partial charge in [-0.1, -0.05) is 5.16 Å². The monoisotopic (exact) mass is 401 g/mol. The molecule has 1 aromatic carbocycles. The fourth-order valence-corrected chi connectivity index (χ4v) is 4.38. The van der Waals surface area contributed by atoms with Crippen LogP contribution in [0.3, 0.4) is 0 Å². The van der Waals surface area contributed by atoms with Crippen LogP contribution in [0.1, 0.15) is 54.4 Å². The van der Waals surface area contributed by atoms with Gasteiger partial charge in [-0.2, -0.15) is 0 Å². The molecule has 2 aliphatic rings. The summed E-state index contributed by atoms with van der Waals surface area (Å²) in [6.07, 6.45) is 4.38. The first-order valence-electron chi connectivity index (χ1n) is 10.4. The molecule has 3 heterocycles. The molecule has 0 bridgehead atoms. The minimum Gasteiger partial charge on any atom is -0.487 e. The lowest BCUT2D eigenvalue weighted by atomic mass is 10.1. The van der Waals surface area contributed by atoms with Gasteiger partial charge in [-0.3, -0.25) is 9.69 Å². The minimum absolute atomic E-state index is 0.107. The van der Waals surface area contributed by atoms with E-state index in [9.17, 15) is 9.18 Å². The standard InChI is InChI=1S/C22H28FN3O3/c1-15-5-3-9-25(15)13-18-6-4-10-26(18)22(27)20-8-7-19(12-21(20)23)28-14-17-11-16(2)29-24-17/h7-8,11-12,15,18H,3-6,9-10,13-14H2,1-2H3/t15-,18+/m1/s1. The lowest BCUT2D eigenvalue weighted by molar-refractivity contribution is 0.0692. The number of carbonyl (C=O) groups excluding carboxylic acids is 1. The number of amides is 1.